The van der Waals surface area contributed by atoms with Crippen molar-refractivity contribution in [1.29, 1.82) is 0 Å². The summed E-state index contributed by atoms with van der Waals surface area (Å²) in [6, 6.07) is 0. The van der Waals surface area contributed by atoms with Gasteiger partial charge in [-0.1, -0.05) is 0 Å². The normalized spacial score (nSPS) is 11.0. The van der Waals surface area contributed by atoms with E-state index in [0.717, 1.165) is 26.4 Å². The molecule has 0 bridgehead atoms. The molecular weight excluding hydrogens is 322 g/mol. The van der Waals surface area contributed by atoms with Crippen molar-refractivity contribution < 1.29 is 9.94 Å². The highest BCUT2D eigenvalue weighted by Crippen LogP contribution is 2.27. The minimum absolute atomic E-state index is 0.525. The molecule has 0 atom stereocenters. The Kier molecular flexibility index (Phi) is 2.25. The van der Waals surface area contributed by atoms with Crippen molar-refractivity contribution in [2.45, 2.75) is 6.92 Å². The highest BCUT2D eigenvalue weighted by Gasteiger charge is 2.24. The van der Waals surface area contributed by atoms with Gasteiger partial charge in [-0.3, -0.25) is 5.21 Å². The number of hydrogen-bond donors (Lipinski definition) is 1. The van der Waals surface area contributed by atoms with Gasteiger partial charge in [0.05, 0.1) is 11.7 Å². The van der Waals surface area contributed by atoms with Crippen LogP contribution in [0.1, 0.15) is 5.69 Å². The van der Waals surface area contributed by atoms with Crippen molar-refractivity contribution >= 4 is 54.6 Å². The topological polar surface area (TPSA) is 49.9 Å². The lowest BCUT2D eigenvalue weighted by molar-refractivity contribution is -0.916. The zero-order valence-electron chi connectivity index (χ0n) is 6.45. The van der Waals surface area contributed by atoms with Crippen molar-refractivity contribution in [1.82, 2.24) is 8.75 Å². The molecule has 2 aromatic rings. The second-order valence-electron chi connectivity index (χ2n) is 2.46. The minimum atomic E-state index is 0.525. The molecule has 0 fully saturated rings. The summed E-state index contributed by atoms with van der Waals surface area (Å²) in [6.45, 7) is 1.79. The lowest BCUT2D eigenvalue weighted by atomic mass is 10.3. The Morgan fingerprint density at radius 2 is 1.92 bits per heavy atom. The summed E-state index contributed by atoms with van der Waals surface area (Å²) in [5.41, 5.74) is 2.11. The number of pyridine rings is 1. The Hall–Kier alpha value is -0.270. The number of nitrogens with zero attached hydrogens (tertiary/aromatic N) is 3. The Morgan fingerprint density at radius 3 is 2.62 bits per heavy atom. The fourth-order valence-corrected chi connectivity index (χ4v) is 2.76. The molecule has 0 aliphatic rings. The zero-order valence-corrected chi connectivity index (χ0v) is 10.4. The van der Waals surface area contributed by atoms with Gasteiger partial charge in [-0.25, -0.2) is 0 Å². The Balaban J connectivity index is 3.02. The second-order valence-corrected chi connectivity index (χ2v) is 4.54. The fourth-order valence-electron chi connectivity index (χ4n) is 0.980. The van der Waals surface area contributed by atoms with Gasteiger partial charge in [0.15, 0.2) is 5.52 Å². The van der Waals surface area contributed by atoms with Gasteiger partial charge >= 0.3 is 4.60 Å². The summed E-state index contributed by atoms with van der Waals surface area (Å²) in [5, 5.41) is 9.58. The summed E-state index contributed by atoms with van der Waals surface area (Å²) < 4.78 is 10.5. The molecule has 0 saturated carbocycles. The first kappa shape index (κ1) is 9.29. The number of fused-ring (bicyclic) bond motifs is 1. The van der Waals surface area contributed by atoms with Gasteiger partial charge < -0.3 is 0 Å². The molecule has 2 aromatic heterocycles. The molecule has 0 aromatic carbocycles. The summed E-state index contributed by atoms with van der Waals surface area (Å²) in [6.07, 6.45) is 0. The van der Waals surface area contributed by atoms with E-state index in [4.69, 9.17) is 0 Å². The third-order valence-corrected chi connectivity index (χ3v) is 3.90. The molecular formula is C6H4Br2N3OS+. The van der Waals surface area contributed by atoms with Gasteiger partial charge in [0.1, 0.15) is 9.99 Å². The van der Waals surface area contributed by atoms with E-state index in [2.05, 4.69) is 40.6 Å². The maximum absolute atomic E-state index is 9.58. The average molecular weight is 326 g/mol. The lowest BCUT2D eigenvalue weighted by Crippen LogP contribution is -2.36. The molecule has 2 heterocycles. The van der Waals surface area contributed by atoms with Crippen molar-refractivity contribution in [3.8, 4) is 0 Å². The number of aromatic nitrogens is 3. The van der Waals surface area contributed by atoms with Crippen molar-refractivity contribution in [2.24, 2.45) is 0 Å². The standard InChI is InChI=1S/C6H4Br2N3OS/c1-2-3(7)4-5(10-13-9-4)6(8)11(2)12/h12H,1H3/q+1. The number of halogens is 2. The van der Waals surface area contributed by atoms with E-state index < -0.39 is 0 Å². The van der Waals surface area contributed by atoms with E-state index in [-0.39, 0.29) is 0 Å². The molecule has 0 amide bonds. The predicted octanol–water partition coefficient (Wildman–Crippen LogP) is 2.05. The Morgan fingerprint density at radius 1 is 1.31 bits per heavy atom. The highest BCUT2D eigenvalue weighted by molar-refractivity contribution is 9.11. The third-order valence-electron chi connectivity index (χ3n) is 1.71. The molecule has 0 spiro atoms. The molecule has 0 unspecified atom stereocenters. The largest absolute Gasteiger partial charge is 0.327 e. The first-order chi connectivity index (χ1) is 6.13. The highest BCUT2D eigenvalue weighted by atomic mass is 79.9. The molecule has 7 heteroatoms. The van der Waals surface area contributed by atoms with Crippen LogP contribution in [-0.2, 0) is 0 Å². The Bertz CT molecular complexity index is 442. The number of hydrogen-bond acceptors (Lipinski definition) is 4. The van der Waals surface area contributed by atoms with Crippen LogP contribution in [0.4, 0.5) is 0 Å². The van der Waals surface area contributed by atoms with E-state index >= 15 is 0 Å². The molecule has 4 nitrogen and oxygen atoms in total. The van der Waals surface area contributed by atoms with Crippen LogP contribution in [0, 0.1) is 6.92 Å². The van der Waals surface area contributed by atoms with Gasteiger partial charge in [0.2, 0.25) is 5.69 Å². The first-order valence-electron chi connectivity index (χ1n) is 3.34. The second kappa shape index (κ2) is 3.14. The summed E-state index contributed by atoms with van der Waals surface area (Å²) in [7, 11) is 0. The predicted molar refractivity (Wildman–Crippen MR) is 54.9 cm³/mol. The average Bonchev–Trinajstić information content (AvgIpc) is 2.59. The third kappa shape index (κ3) is 1.26. The van der Waals surface area contributed by atoms with Gasteiger partial charge in [-0.2, -0.15) is 8.75 Å². The van der Waals surface area contributed by atoms with E-state index in [0.29, 0.717) is 15.8 Å². The van der Waals surface area contributed by atoms with Crippen molar-refractivity contribution in [3.05, 3.63) is 14.8 Å². The molecule has 0 aliphatic heterocycles. The Labute approximate surface area is 94.8 Å². The SMILES string of the molecule is Cc1c(Br)c2nsnc2c(Br)[n+]1O. The maximum Gasteiger partial charge on any atom is 0.327 e. The smallest absolute Gasteiger partial charge is 0.284 e. The molecule has 0 saturated heterocycles. The van der Waals surface area contributed by atoms with Gasteiger partial charge in [-0.05, 0) is 15.9 Å². The van der Waals surface area contributed by atoms with Crippen molar-refractivity contribution in [2.75, 3.05) is 0 Å². The summed E-state index contributed by atoms with van der Waals surface area (Å²) in [4.78, 5) is 0. The van der Waals surface area contributed by atoms with Crippen LogP contribution < -0.4 is 4.73 Å². The van der Waals surface area contributed by atoms with E-state index in [1.165, 1.54) is 0 Å². The molecule has 0 aliphatic carbocycles. The van der Waals surface area contributed by atoms with Crippen LogP contribution in [0.2, 0.25) is 0 Å². The summed E-state index contributed by atoms with van der Waals surface area (Å²) >= 11 is 7.70. The quantitative estimate of drug-likeness (QED) is 0.458. The van der Waals surface area contributed by atoms with E-state index in [1.807, 2.05) is 0 Å². The minimum Gasteiger partial charge on any atom is -0.284 e. The molecule has 13 heavy (non-hydrogen) atoms. The molecule has 1 N–H and O–H groups in total. The van der Waals surface area contributed by atoms with Gasteiger partial charge in [0, 0.05) is 27.6 Å². The van der Waals surface area contributed by atoms with Crippen LogP contribution >= 0.6 is 43.6 Å². The first-order valence-corrected chi connectivity index (χ1v) is 5.65. The zero-order chi connectivity index (χ0) is 9.59. The van der Waals surface area contributed by atoms with Crippen LogP contribution in [0.3, 0.4) is 0 Å². The van der Waals surface area contributed by atoms with Gasteiger partial charge in [0.25, 0.3) is 0 Å². The fraction of sp³-hybridized carbons (Fsp3) is 0.167. The van der Waals surface area contributed by atoms with E-state index in [9.17, 15) is 5.21 Å². The molecule has 2 rings (SSSR count). The van der Waals surface area contributed by atoms with Crippen LogP contribution in [0.5, 0.6) is 0 Å². The number of rotatable bonds is 0. The van der Waals surface area contributed by atoms with Crippen LogP contribution in [0.25, 0.3) is 11.0 Å². The molecule has 68 valence electrons. The van der Waals surface area contributed by atoms with Crippen LogP contribution in [-0.4, -0.2) is 14.0 Å². The van der Waals surface area contributed by atoms with Crippen LogP contribution in [0.15, 0.2) is 9.08 Å². The maximum atomic E-state index is 9.58. The monoisotopic (exact) mass is 324 g/mol. The van der Waals surface area contributed by atoms with E-state index in [1.54, 1.807) is 6.92 Å². The van der Waals surface area contributed by atoms with Gasteiger partial charge in [-0.15, -0.1) is 0 Å². The molecule has 0 radical (unpaired) electrons. The van der Waals surface area contributed by atoms with Crippen molar-refractivity contribution in [3.63, 3.8) is 0 Å². The summed E-state index contributed by atoms with van der Waals surface area (Å²) in [5.74, 6) is 0. The lowest BCUT2D eigenvalue weighted by Gasteiger charge is -1.95.